The number of rotatable bonds is 11. The highest BCUT2D eigenvalue weighted by Gasteiger charge is 2.34. The first-order chi connectivity index (χ1) is 19.6. The van der Waals surface area contributed by atoms with Crippen molar-refractivity contribution in [2.45, 2.75) is 76.4 Å². The molecule has 0 aliphatic heterocycles. The molecule has 1 fully saturated rings. The minimum atomic E-state index is -4.15. The SMILES string of the molecule is CC[C@@H](C(=O)NC1CCCC1)N(Cc1ccccc1)C(=O)CN(c1ccc(C)c(C)c1)S(=O)(=O)c1ccc(Cl)cc1. The minimum absolute atomic E-state index is 0.0218. The molecule has 3 aromatic carbocycles. The molecule has 1 aliphatic rings. The largest absolute Gasteiger partial charge is 0.352 e. The number of carbonyl (C=O) groups excluding carboxylic acids is 2. The van der Waals surface area contributed by atoms with E-state index in [2.05, 4.69) is 5.32 Å². The molecule has 218 valence electrons. The third kappa shape index (κ3) is 7.49. The van der Waals surface area contributed by atoms with Crippen LogP contribution in [0.1, 0.15) is 55.7 Å². The van der Waals surface area contributed by atoms with Crippen LogP contribution >= 0.6 is 11.6 Å². The summed E-state index contributed by atoms with van der Waals surface area (Å²) in [6.07, 6.45) is 4.39. The number of nitrogens with one attached hydrogen (secondary N) is 1. The van der Waals surface area contributed by atoms with E-state index in [0.29, 0.717) is 17.1 Å². The van der Waals surface area contributed by atoms with Crippen LogP contribution in [0.25, 0.3) is 0 Å². The summed E-state index contributed by atoms with van der Waals surface area (Å²) in [6, 6.07) is 20.0. The average molecular weight is 596 g/mol. The number of anilines is 1. The van der Waals surface area contributed by atoms with Crippen LogP contribution in [0.4, 0.5) is 5.69 Å². The lowest BCUT2D eigenvalue weighted by Crippen LogP contribution is -2.53. The summed E-state index contributed by atoms with van der Waals surface area (Å²) in [6.45, 7) is 5.43. The first kappa shape index (κ1) is 30.6. The van der Waals surface area contributed by atoms with Gasteiger partial charge in [-0.3, -0.25) is 13.9 Å². The monoisotopic (exact) mass is 595 g/mol. The molecule has 9 heteroatoms. The van der Waals surface area contributed by atoms with Crippen LogP contribution < -0.4 is 9.62 Å². The topological polar surface area (TPSA) is 86.8 Å². The van der Waals surface area contributed by atoms with Crippen molar-refractivity contribution < 1.29 is 18.0 Å². The van der Waals surface area contributed by atoms with Crippen LogP contribution in [0.2, 0.25) is 5.02 Å². The number of carbonyl (C=O) groups is 2. The smallest absolute Gasteiger partial charge is 0.264 e. The van der Waals surface area contributed by atoms with Crippen molar-refractivity contribution in [1.82, 2.24) is 10.2 Å². The van der Waals surface area contributed by atoms with Gasteiger partial charge in [-0.15, -0.1) is 0 Å². The molecule has 1 atom stereocenters. The average Bonchev–Trinajstić information content (AvgIpc) is 3.47. The van der Waals surface area contributed by atoms with Crippen molar-refractivity contribution in [1.29, 1.82) is 0 Å². The predicted octanol–water partition coefficient (Wildman–Crippen LogP) is 6.02. The van der Waals surface area contributed by atoms with Gasteiger partial charge in [0.1, 0.15) is 12.6 Å². The van der Waals surface area contributed by atoms with Gasteiger partial charge in [-0.1, -0.05) is 67.8 Å². The Morgan fingerprint density at radius 2 is 1.61 bits per heavy atom. The van der Waals surface area contributed by atoms with Crippen molar-refractivity contribution in [3.8, 4) is 0 Å². The molecular weight excluding hydrogens is 558 g/mol. The lowest BCUT2D eigenvalue weighted by Gasteiger charge is -2.34. The summed E-state index contributed by atoms with van der Waals surface area (Å²) in [5.74, 6) is -0.667. The molecule has 0 bridgehead atoms. The fourth-order valence-corrected chi connectivity index (χ4v) is 6.74. The summed E-state index contributed by atoms with van der Waals surface area (Å²) < 4.78 is 29.1. The normalized spacial score (nSPS) is 14.4. The zero-order valence-corrected chi connectivity index (χ0v) is 25.4. The summed E-state index contributed by atoms with van der Waals surface area (Å²) in [5, 5.41) is 3.54. The van der Waals surface area contributed by atoms with Crippen LogP contribution in [0.3, 0.4) is 0 Å². The molecule has 7 nitrogen and oxygen atoms in total. The van der Waals surface area contributed by atoms with E-state index in [1.54, 1.807) is 12.1 Å². The van der Waals surface area contributed by atoms with Gasteiger partial charge < -0.3 is 10.2 Å². The molecule has 0 heterocycles. The molecule has 0 radical (unpaired) electrons. The number of amides is 2. The Balaban J connectivity index is 1.72. The third-order valence-corrected chi connectivity index (χ3v) is 9.78. The standard InChI is InChI=1S/C32H38ClN3O4S/c1-4-30(32(38)34-27-12-8-9-13-27)35(21-25-10-6-5-7-11-25)31(37)22-36(28-17-14-23(2)24(3)20-28)41(39,40)29-18-15-26(33)16-19-29/h5-7,10-11,14-20,27,30H,4,8-9,12-13,21-22H2,1-3H3,(H,34,38)/t30-/m0/s1. The number of hydrogen-bond donors (Lipinski definition) is 1. The van der Waals surface area contributed by atoms with Gasteiger partial charge >= 0.3 is 0 Å². The van der Waals surface area contributed by atoms with Gasteiger partial charge in [0.2, 0.25) is 11.8 Å². The van der Waals surface area contributed by atoms with E-state index in [-0.39, 0.29) is 23.4 Å². The van der Waals surface area contributed by atoms with E-state index >= 15 is 0 Å². The van der Waals surface area contributed by atoms with Crippen molar-refractivity contribution >= 4 is 39.1 Å². The van der Waals surface area contributed by atoms with Crippen molar-refractivity contribution in [2.75, 3.05) is 10.8 Å². The maximum atomic E-state index is 14.2. The summed E-state index contributed by atoms with van der Waals surface area (Å²) in [7, 11) is -4.15. The second-order valence-electron chi connectivity index (χ2n) is 10.7. The molecule has 4 rings (SSSR count). The molecule has 41 heavy (non-hydrogen) atoms. The Bertz CT molecular complexity index is 1460. The van der Waals surface area contributed by atoms with Gasteiger partial charge in [-0.2, -0.15) is 0 Å². The first-order valence-corrected chi connectivity index (χ1v) is 15.9. The van der Waals surface area contributed by atoms with Gasteiger partial charge in [0, 0.05) is 17.6 Å². The van der Waals surface area contributed by atoms with Gasteiger partial charge in [0.25, 0.3) is 10.0 Å². The molecule has 2 amide bonds. The van der Waals surface area contributed by atoms with Crippen molar-refractivity contribution in [3.63, 3.8) is 0 Å². The summed E-state index contributed by atoms with van der Waals surface area (Å²) >= 11 is 6.03. The van der Waals surface area contributed by atoms with Crippen LogP contribution in [0.15, 0.2) is 77.7 Å². The zero-order chi connectivity index (χ0) is 29.6. The molecule has 1 aliphatic carbocycles. The second kappa shape index (κ2) is 13.5. The van der Waals surface area contributed by atoms with Gasteiger partial charge in [-0.05, 0) is 86.2 Å². The lowest BCUT2D eigenvalue weighted by molar-refractivity contribution is -0.140. The Hall–Kier alpha value is -3.36. The molecule has 1 N–H and O–H groups in total. The highest BCUT2D eigenvalue weighted by molar-refractivity contribution is 7.92. The Morgan fingerprint density at radius 3 is 2.22 bits per heavy atom. The van der Waals surface area contributed by atoms with Crippen LogP contribution in [0, 0.1) is 13.8 Å². The molecule has 1 saturated carbocycles. The van der Waals surface area contributed by atoms with E-state index in [1.165, 1.54) is 29.2 Å². The lowest BCUT2D eigenvalue weighted by atomic mass is 10.1. The van der Waals surface area contributed by atoms with Crippen molar-refractivity contribution in [3.05, 3.63) is 94.5 Å². The van der Waals surface area contributed by atoms with Gasteiger partial charge in [-0.25, -0.2) is 8.42 Å². The highest BCUT2D eigenvalue weighted by Crippen LogP contribution is 2.28. The highest BCUT2D eigenvalue weighted by atomic mass is 35.5. The van der Waals surface area contributed by atoms with E-state index in [0.717, 1.165) is 46.7 Å². The van der Waals surface area contributed by atoms with Gasteiger partial charge in [0.05, 0.1) is 10.6 Å². The van der Waals surface area contributed by atoms with E-state index in [1.807, 2.05) is 57.2 Å². The van der Waals surface area contributed by atoms with Crippen LogP contribution in [-0.2, 0) is 26.2 Å². The zero-order valence-electron chi connectivity index (χ0n) is 23.8. The molecule has 3 aromatic rings. The second-order valence-corrected chi connectivity index (χ2v) is 13.0. The van der Waals surface area contributed by atoms with Crippen LogP contribution in [-0.4, -0.2) is 43.8 Å². The predicted molar refractivity (Wildman–Crippen MR) is 163 cm³/mol. The summed E-state index contributed by atoms with van der Waals surface area (Å²) in [4.78, 5) is 29.2. The van der Waals surface area contributed by atoms with Crippen LogP contribution in [0.5, 0.6) is 0 Å². The molecular formula is C32H38ClN3O4S. The van der Waals surface area contributed by atoms with Gasteiger partial charge in [0.15, 0.2) is 0 Å². The summed E-state index contributed by atoms with van der Waals surface area (Å²) in [5.41, 5.74) is 3.13. The fourth-order valence-electron chi connectivity index (χ4n) is 5.21. The van der Waals surface area contributed by atoms with E-state index in [4.69, 9.17) is 11.6 Å². The van der Waals surface area contributed by atoms with Crippen molar-refractivity contribution in [2.24, 2.45) is 0 Å². The maximum absolute atomic E-state index is 14.2. The number of halogens is 1. The first-order valence-electron chi connectivity index (χ1n) is 14.1. The van der Waals surface area contributed by atoms with E-state index in [9.17, 15) is 18.0 Å². The third-order valence-electron chi connectivity index (χ3n) is 7.74. The number of nitrogens with zero attached hydrogens (tertiary/aromatic N) is 2. The number of aryl methyl sites for hydroxylation is 2. The Morgan fingerprint density at radius 1 is 0.951 bits per heavy atom. The molecule has 0 unspecified atom stereocenters. The molecule has 0 spiro atoms. The minimum Gasteiger partial charge on any atom is -0.352 e. The molecule has 0 saturated heterocycles. The number of sulfonamides is 1. The number of benzene rings is 3. The Kier molecular flexibility index (Phi) is 10.1. The Labute approximate surface area is 248 Å². The molecule has 0 aromatic heterocycles. The van der Waals surface area contributed by atoms with E-state index < -0.39 is 28.5 Å². The quantitative estimate of drug-likeness (QED) is 0.294. The maximum Gasteiger partial charge on any atom is 0.264 e. The number of hydrogen-bond acceptors (Lipinski definition) is 4. The fraction of sp³-hybridized carbons (Fsp3) is 0.375.